The maximum absolute atomic E-state index is 13.8. The number of amides is 1. The van der Waals surface area contributed by atoms with Gasteiger partial charge in [-0.3, -0.25) is 9.89 Å². The Bertz CT molecular complexity index is 861. The molecular weight excluding hydrogens is 309 g/mol. The highest BCUT2D eigenvalue weighted by Gasteiger charge is 2.13. The molecule has 3 aromatic rings. The lowest BCUT2D eigenvalue weighted by molar-refractivity contribution is 0.102. The lowest BCUT2D eigenvalue weighted by Crippen LogP contribution is -2.12. The Morgan fingerprint density at radius 1 is 1.17 bits per heavy atom. The van der Waals surface area contributed by atoms with Crippen LogP contribution >= 0.6 is 0 Å². The van der Waals surface area contributed by atoms with E-state index in [0.717, 1.165) is 5.56 Å². The molecular formula is C18H16FN3O2. The van der Waals surface area contributed by atoms with Crippen LogP contribution in [-0.4, -0.2) is 27.8 Å². The molecule has 1 aromatic heterocycles. The number of anilines is 1. The monoisotopic (exact) mass is 325 g/mol. The number of benzene rings is 2. The summed E-state index contributed by atoms with van der Waals surface area (Å²) in [4.78, 5) is 12.3. The van der Waals surface area contributed by atoms with Gasteiger partial charge in [-0.2, -0.15) is 5.10 Å². The first kappa shape index (κ1) is 15.9. The van der Waals surface area contributed by atoms with E-state index >= 15 is 0 Å². The molecule has 0 bridgehead atoms. The van der Waals surface area contributed by atoms with Gasteiger partial charge in [0, 0.05) is 17.9 Å². The summed E-state index contributed by atoms with van der Waals surface area (Å²) in [5, 5.41) is 18.3. The molecule has 0 aliphatic rings. The lowest BCUT2D eigenvalue weighted by Gasteiger charge is -2.05. The third-order valence-corrected chi connectivity index (χ3v) is 3.56. The van der Waals surface area contributed by atoms with Gasteiger partial charge in [-0.1, -0.05) is 24.3 Å². The number of rotatable bonds is 5. The molecule has 0 atom stereocenters. The summed E-state index contributed by atoms with van der Waals surface area (Å²) in [6.07, 6.45) is 0.519. The number of aromatic amines is 1. The second-order valence-corrected chi connectivity index (χ2v) is 5.27. The number of aromatic nitrogens is 2. The maximum Gasteiger partial charge on any atom is 0.273 e. The van der Waals surface area contributed by atoms with Crippen molar-refractivity contribution in [1.29, 1.82) is 0 Å². The van der Waals surface area contributed by atoms with Crippen molar-refractivity contribution in [3.8, 4) is 11.3 Å². The van der Waals surface area contributed by atoms with Crippen molar-refractivity contribution in [2.45, 2.75) is 6.42 Å². The zero-order valence-corrected chi connectivity index (χ0v) is 12.8. The summed E-state index contributed by atoms with van der Waals surface area (Å²) in [5.74, 6) is -0.765. The fourth-order valence-corrected chi connectivity index (χ4v) is 2.38. The van der Waals surface area contributed by atoms with Gasteiger partial charge in [0.05, 0.1) is 5.69 Å². The van der Waals surface area contributed by atoms with E-state index in [-0.39, 0.29) is 18.2 Å². The Kier molecular flexibility index (Phi) is 4.67. The molecule has 1 heterocycles. The number of carbonyl (C=O) groups is 1. The van der Waals surface area contributed by atoms with Gasteiger partial charge in [0.1, 0.15) is 11.5 Å². The second-order valence-electron chi connectivity index (χ2n) is 5.27. The van der Waals surface area contributed by atoms with E-state index < -0.39 is 5.82 Å². The van der Waals surface area contributed by atoms with Crippen LogP contribution in [0.4, 0.5) is 10.1 Å². The number of nitrogens with one attached hydrogen (secondary N) is 2. The second kappa shape index (κ2) is 7.06. The molecule has 24 heavy (non-hydrogen) atoms. The molecule has 0 saturated heterocycles. The van der Waals surface area contributed by atoms with Crippen molar-refractivity contribution < 1.29 is 14.3 Å². The van der Waals surface area contributed by atoms with Gasteiger partial charge in [0.25, 0.3) is 5.91 Å². The van der Waals surface area contributed by atoms with Crippen LogP contribution in [0.1, 0.15) is 16.1 Å². The molecule has 0 spiro atoms. The van der Waals surface area contributed by atoms with E-state index in [2.05, 4.69) is 15.5 Å². The predicted octanol–water partition coefficient (Wildman–Crippen LogP) is 3.00. The summed E-state index contributed by atoms with van der Waals surface area (Å²) in [5.41, 5.74) is 2.48. The normalized spacial score (nSPS) is 10.6. The molecule has 0 aliphatic heterocycles. The topological polar surface area (TPSA) is 78.0 Å². The van der Waals surface area contributed by atoms with Gasteiger partial charge in [0.15, 0.2) is 0 Å². The Hall–Kier alpha value is -2.99. The number of aliphatic hydroxyl groups is 1. The molecule has 0 saturated carbocycles. The molecule has 0 radical (unpaired) electrons. The third-order valence-electron chi connectivity index (χ3n) is 3.56. The van der Waals surface area contributed by atoms with Gasteiger partial charge >= 0.3 is 0 Å². The van der Waals surface area contributed by atoms with Crippen LogP contribution in [0.25, 0.3) is 11.3 Å². The highest BCUT2D eigenvalue weighted by atomic mass is 19.1. The van der Waals surface area contributed by atoms with Crippen LogP contribution in [0, 0.1) is 5.82 Å². The van der Waals surface area contributed by atoms with Crippen molar-refractivity contribution in [3.63, 3.8) is 0 Å². The van der Waals surface area contributed by atoms with Crippen molar-refractivity contribution >= 4 is 11.6 Å². The van der Waals surface area contributed by atoms with Crippen molar-refractivity contribution in [2.24, 2.45) is 0 Å². The molecule has 0 aliphatic carbocycles. The van der Waals surface area contributed by atoms with Crippen molar-refractivity contribution in [3.05, 3.63) is 71.7 Å². The van der Waals surface area contributed by atoms with E-state index in [1.807, 2.05) is 6.07 Å². The van der Waals surface area contributed by atoms with Crippen LogP contribution in [0.5, 0.6) is 0 Å². The van der Waals surface area contributed by atoms with Crippen LogP contribution in [0.2, 0.25) is 0 Å². The summed E-state index contributed by atoms with van der Waals surface area (Å²) >= 11 is 0. The van der Waals surface area contributed by atoms with E-state index in [1.54, 1.807) is 36.4 Å². The van der Waals surface area contributed by atoms with E-state index in [1.165, 1.54) is 12.1 Å². The van der Waals surface area contributed by atoms with Crippen molar-refractivity contribution in [1.82, 2.24) is 10.2 Å². The summed E-state index contributed by atoms with van der Waals surface area (Å²) in [6.45, 7) is 0.0456. The van der Waals surface area contributed by atoms with E-state index in [0.29, 0.717) is 23.4 Å². The Morgan fingerprint density at radius 2 is 2.00 bits per heavy atom. The van der Waals surface area contributed by atoms with Crippen LogP contribution < -0.4 is 5.32 Å². The minimum absolute atomic E-state index is 0.0456. The minimum Gasteiger partial charge on any atom is -0.396 e. The standard InChI is InChI=1S/C18H16FN3O2/c19-15-7-2-1-6-14(15)16-11-17(22-21-16)18(24)20-13-5-3-4-12(10-13)8-9-23/h1-7,10-11,23H,8-9H2,(H,20,24)(H,21,22). The molecule has 1 amide bonds. The summed E-state index contributed by atoms with van der Waals surface area (Å²) in [7, 11) is 0. The zero-order valence-electron chi connectivity index (χ0n) is 12.8. The molecule has 3 rings (SSSR count). The van der Waals surface area contributed by atoms with Gasteiger partial charge < -0.3 is 10.4 Å². The van der Waals surface area contributed by atoms with E-state index in [4.69, 9.17) is 5.11 Å². The molecule has 3 N–H and O–H groups in total. The first-order chi connectivity index (χ1) is 11.7. The van der Waals surface area contributed by atoms with Gasteiger partial charge in [-0.15, -0.1) is 0 Å². The van der Waals surface area contributed by atoms with Gasteiger partial charge in [0.2, 0.25) is 0 Å². The average Bonchev–Trinajstić information content (AvgIpc) is 3.06. The molecule has 122 valence electrons. The van der Waals surface area contributed by atoms with E-state index in [9.17, 15) is 9.18 Å². The molecule has 0 unspecified atom stereocenters. The molecule has 5 nitrogen and oxygen atoms in total. The zero-order chi connectivity index (χ0) is 16.9. The van der Waals surface area contributed by atoms with Crippen molar-refractivity contribution in [2.75, 3.05) is 11.9 Å². The highest BCUT2D eigenvalue weighted by Crippen LogP contribution is 2.21. The minimum atomic E-state index is -0.396. The summed E-state index contributed by atoms with van der Waals surface area (Å²) < 4.78 is 13.8. The van der Waals surface area contributed by atoms with Crippen LogP contribution in [0.3, 0.4) is 0 Å². The largest absolute Gasteiger partial charge is 0.396 e. The smallest absolute Gasteiger partial charge is 0.273 e. The average molecular weight is 325 g/mol. The lowest BCUT2D eigenvalue weighted by atomic mass is 10.1. The first-order valence-corrected chi connectivity index (χ1v) is 7.49. The number of aliphatic hydroxyl groups excluding tert-OH is 1. The van der Waals surface area contributed by atoms with Gasteiger partial charge in [-0.05, 0) is 42.3 Å². The fraction of sp³-hybridized carbons (Fsp3) is 0.111. The molecule has 2 aromatic carbocycles. The summed E-state index contributed by atoms with van der Waals surface area (Å²) in [6, 6.07) is 15.0. The van der Waals surface area contributed by atoms with Crippen LogP contribution in [0.15, 0.2) is 54.6 Å². The Labute approximate surface area is 138 Å². The number of halogens is 1. The number of hydrogen-bond donors (Lipinski definition) is 3. The molecule has 6 heteroatoms. The third kappa shape index (κ3) is 3.49. The quantitative estimate of drug-likeness (QED) is 0.675. The fourth-order valence-electron chi connectivity index (χ4n) is 2.38. The predicted molar refractivity (Wildman–Crippen MR) is 89.2 cm³/mol. The molecule has 0 fully saturated rings. The SMILES string of the molecule is O=C(Nc1cccc(CCO)c1)c1cc(-c2ccccc2F)n[nH]1. The number of nitrogens with zero attached hydrogens (tertiary/aromatic N) is 1. The Balaban J connectivity index is 1.77. The Morgan fingerprint density at radius 3 is 2.79 bits per heavy atom. The number of carbonyl (C=O) groups excluding carboxylic acids is 1. The maximum atomic E-state index is 13.8. The highest BCUT2D eigenvalue weighted by molar-refractivity contribution is 6.03. The van der Waals surface area contributed by atoms with Crippen LogP contribution in [-0.2, 0) is 6.42 Å². The number of hydrogen-bond acceptors (Lipinski definition) is 3. The van der Waals surface area contributed by atoms with Gasteiger partial charge in [-0.25, -0.2) is 4.39 Å². The number of H-pyrrole nitrogens is 1. The first-order valence-electron chi connectivity index (χ1n) is 7.49.